The lowest BCUT2D eigenvalue weighted by Crippen LogP contribution is -2.15. The predicted molar refractivity (Wildman–Crippen MR) is 78.0 cm³/mol. The number of rotatable bonds is 5. The Hall–Kier alpha value is -2.30. The molecule has 5 nitrogen and oxygen atoms in total. The number of H-pyrrole nitrogens is 1. The zero-order valence-electron chi connectivity index (χ0n) is 12.0. The van der Waals surface area contributed by atoms with Crippen LogP contribution >= 0.6 is 0 Å². The largest absolute Gasteiger partial charge is 0.493 e. The lowest BCUT2D eigenvalue weighted by atomic mass is 10.1. The molecule has 0 aliphatic carbocycles. The van der Waals surface area contributed by atoms with E-state index in [-0.39, 0.29) is 5.91 Å². The molecule has 0 saturated heterocycles. The molecule has 1 aromatic heterocycles. The minimum Gasteiger partial charge on any atom is -0.493 e. The second-order valence-corrected chi connectivity index (χ2v) is 4.80. The number of aromatic nitrogens is 2. The van der Waals surface area contributed by atoms with Crippen molar-refractivity contribution in [3.63, 3.8) is 0 Å². The van der Waals surface area contributed by atoms with Crippen LogP contribution in [0.1, 0.15) is 23.2 Å². The molecule has 1 amide bonds. The number of aryl methyl sites for hydroxylation is 3. The highest BCUT2D eigenvalue weighted by molar-refractivity contribution is 5.89. The lowest BCUT2D eigenvalue weighted by Gasteiger charge is -2.11. The van der Waals surface area contributed by atoms with Crippen LogP contribution in [-0.4, -0.2) is 22.7 Å². The molecule has 2 N–H and O–H groups in total. The summed E-state index contributed by atoms with van der Waals surface area (Å²) in [5.41, 5.74) is 3.06. The van der Waals surface area contributed by atoms with Gasteiger partial charge in [0.25, 0.3) is 0 Å². The van der Waals surface area contributed by atoms with Crippen molar-refractivity contribution in [3.05, 3.63) is 41.1 Å². The van der Waals surface area contributed by atoms with Gasteiger partial charge in [0.2, 0.25) is 5.91 Å². The third-order valence-electron chi connectivity index (χ3n) is 2.96. The van der Waals surface area contributed by atoms with Crippen molar-refractivity contribution in [2.75, 3.05) is 11.9 Å². The van der Waals surface area contributed by atoms with E-state index in [1.807, 2.05) is 39.0 Å². The van der Waals surface area contributed by atoms with Crippen LogP contribution in [0.3, 0.4) is 0 Å². The molecule has 1 aromatic carbocycles. The van der Waals surface area contributed by atoms with E-state index in [2.05, 4.69) is 15.5 Å². The van der Waals surface area contributed by atoms with Crippen LogP contribution in [0.2, 0.25) is 0 Å². The smallest absolute Gasteiger partial charge is 0.229 e. The maximum atomic E-state index is 11.7. The first-order valence-corrected chi connectivity index (χ1v) is 6.57. The van der Waals surface area contributed by atoms with Crippen LogP contribution in [0, 0.1) is 20.8 Å². The Kier molecular flexibility index (Phi) is 4.40. The zero-order chi connectivity index (χ0) is 14.5. The van der Waals surface area contributed by atoms with E-state index >= 15 is 0 Å². The fourth-order valence-electron chi connectivity index (χ4n) is 1.96. The molecule has 20 heavy (non-hydrogen) atoms. The quantitative estimate of drug-likeness (QED) is 0.880. The van der Waals surface area contributed by atoms with Crippen LogP contribution in [0.4, 0.5) is 5.82 Å². The molecule has 2 aromatic rings. The summed E-state index contributed by atoms with van der Waals surface area (Å²) in [6.45, 7) is 6.22. The van der Waals surface area contributed by atoms with Gasteiger partial charge >= 0.3 is 0 Å². The van der Waals surface area contributed by atoms with Gasteiger partial charge in [-0.2, -0.15) is 5.10 Å². The molecule has 0 atom stereocenters. The molecule has 2 rings (SSSR count). The molecule has 106 valence electrons. The number of hydrogen-bond acceptors (Lipinski definition) is 3. The minimum atomic E-state index is -0.109. The summed E-state index contributed by atoms with van der Waals surface area (Å²) in [5.74, 6) is 1.29. The summed E-state index contributed by atoms with van der Waals surface area (Å²) in [6, 6.07) is 7.76. The van der Waals surface area contributed by atoms with Crippen LogP contribution in [0.5, 0.6) is 5.75 Å². The minimum absolute atomic E-state index is 0.109. The van der Waals surface area contributed by atoms with Crippen molar-refractivity contribution in [2.45, 2.75) is 27.2 Å². The molecule has 0 fully saturated rings. The molecule has 0 aliphatic rings. The van der Waals surface area contributed by atoms with Crippen LogP contribution in [0.15, 0.2) is 24.3 Å². The number of anilines is 1. The van der Waals surface area contributed by atoms with Crippen molar-refractivity contribution in [2.24, 2.45) is 0 Å². The second kappa shape index (κ2) is 6.23. The van der Waals surface area contributed by atoms with Crippen molar-refractivity contribution in [3.8, 4) is 5.75 Å². The van der Waals surface area contributed by atoms with E-state index in [4.69, 9.17) is 4.74 Å². The number of carbonyl (C=O) groups excluding carboxylic acids is 1. The van der Waals surface area contributed by atoms with Gasteiger partial charge in [0.1, 0.15) is 5.75 Å². The summed E-state index contributed by atoms with van der Waals surface area (Å²) in [7, 11) is 0. The van der Waals surface area contributed by atoms with Gasteiger partial charge in [0.15, 0.2) is 5.82 Å². The van der Waals surface area contributed by atoms with E-state index in [0.29, 0.717) is 18.8 Å². The Bertz CT molecular complexity index is 585. The summed E-state index contributed by atoms with van der Waals surface area (Å²) < 4.78 is 5.69. The number of para-hydroxylation sites is 1. The van der Waals surface area contributed by atoms with Crippen molar-refractivity contribution in [1.82, 2.24) is 10.2 Å². The molecule has 0 unspecified atom stereocenters. The Balaban J connectivity index is 1.82. The number of amides is 1. The first-order valence-electron chi connectivity index (χ1n) is 6.57. The number of nitrogens with one attached hydrogen (secondary N) is 2. The Labute approximate surface area is 118 Å². The van der Waals surface area contributed by atoms with E-state index in [0.717, 1.165) is 22.6 Å². The van der Waals surface area contributed by atoms with Crippen molar-refractivity contribution >= 4 is 11.7 Å². The molecule has 0 radical (unpaired) electrons. The Morgan fingerprint density at radius 3 is 2.60 bits per heavy atom. The molecule has 1 heterocycles. The third kappa shape index (κ3) is 3.60. The molecule has 0 bridgehead atoms. The van der Waals surface area contributed by atoms with Gasteiger partial charge in [-0.1, -0.05) is 18.2 Å². The summed E-state index contributed by atoms with van der Waals surface area (Å²) in [6.07, 6.45) is 0.291. The average Bonchev–Trinajstić information content (AvgIpc) is 2.78. The predicted octanol–water partition coefficient (Wildman–Crippen LogP) is 2.74. The molecule has 0 aliphatic heterocycles. The summed E-state index contributed by atoms with van der Waals surface area (Å²) >= 11 is 0. The number of ether oxygens (including phenoxy) is 1. The van der Waals surface area contributed by atoms with E-state index in [1.165, 1.54) is 0 Å². The van der Waals surface area contributed by atoms with Crippen molar-refractivity contribution < 1.29 is 9.53 Å². The normalized spacial score (nSPS) is 10.3. The zero-order valence-corrected chi connectivity index (χ0v) is 12.0. The Morgan fingerprint density at radius 1 is 1.30 bits per heavy atom. The fourth-order valence-corrected chi connectivity index (χ4v) is 1.96. The highest BCUT2D eigenvalue weighted by Crippen LogP contribution is 2.22. The van der Waals surface area contributed by atoms with Crippen molar-refractivity contribution in [1.29, 1.82) is 0 Å². The van der Waals surface area contributed by atoms with Gasteiger partial charge < -0.3 is 10.1 Å². The van der Waals surface area contributed by atoms with E-state index in [1.54, 1.807) is 6.07 Å². The number of carbonyl (C=O) groups is 1. The first-order chi connectivity index (χ1) is 9.56. The van der Waals surface area contributed by atoms with Gasteiger partial charge in [-0.3, -0.25) is 9.89 Å². The molecule has 0 spiro atoms. The van der Waals surface area contributed by atoms with E-state index < -0.39 is 0 Å². The number of nitrogens with zero attached hydrogens (tertiary/aromatic N) is 1. The van der Waals surface area contributed by atoms with Gasteiger partial charge in [-0.05, 0) is 31.9 Å². The number of benzene rings is 1. The van der Waals surface area contributed by atoms with Crippen LogP contribution < -0.4 is 10.1 Å². The molecular weight excluding hydrogens is 254 g/mol. The van der Waals surface area contributed by atoms with Gasteiger partial charge in [0.05, 0.1) is 13.0 Å². The number of aromatic amines is 1. The van der Waals surface area contributed by atoms with Gasteiger partial charge in [-0.25, -0.2) is 0 Å². The van der Waals surface area contributed by atoms with Gasteiger partial charge in [-0.15, -0.1) is 0 Å². The second-order valence-electron chi connectivity index (χ2n) is 4.80. The summed E-state index contributed by atoms with van der Waals surface area (Å²) in [4.78, 5) is 11.7. The highest BCUT2D eigenvalue weighted by Gasteiger charge is 2.07. The van der Waals surface area contributed by atoms with Gasteiger partial charge in [0, 0.05) is 11.8 Å². The molecule has 5 heteroatoms. The number of hydrogen-bond donors (Lipinski definition) is 2. The molecular formula is C15H19N3O2. The fraction of sp³-hybridized carbons (Fsp3) is 0.333. The first kappa shape index (κ1) is 14.1. The summed E-state index contributed by atoms with van der Waals surface area (Å²) in [5, 5.41) is 9.44. The standard InChI is InChI=1S/C15H19N3O2/c1-10-5-4-6-11(2)15(10)20-8-7-14(19)16-13-9-12(3)17-18-13/h4-6,9H,7-8H2,1-3H3,(H2,16,17,18,19). The third-order valence-corrected chi connectivity index (χ3v) is 2.96. The maximum Gasteiger partial charge on any atom is 0.229 e. The Morgan fingerprint density at radius 2 is 2.00 bits per heavy atom. The topological polar surface area (TPSA) is 67.0 Å². The lowest BCUT2D eigenvalue weighted by molar-refractivity contribution is -0.116. The SMILES string of the molecule is Cc1cc(NC(=O)CCOc2c(C)cccc2C)n[nH]1. The van der Waals surface area contributed by atoms with Crippen LogP contribution in [0.25, 0.3) is 0 Å². The average molecular weight is 273 g/mol. The highest BCUT2D eigenvalue weighted by atomic mass is 16.5. The maximum absolute atomic E-state index is 11.7. The van der Waals surface area contributed by atoms with E-state index in [9.17, 15) is 4.79 Å². The molecule has 0 saturated carbocycles. The monoisotopic (exact) mass is 273 g/mol. The van der Waals surface area contributed by atoms with Crippen LogP contribution in [-0.2, 0) is 4.79 Å².